The summed E-state index contributed by atoms with van der Waals surface area (Å²) in [5.41, 5.74) is 2.64. The van der Waals surface area contributed by atoms with Gasteiger partial charge in [0.05, 0.1) is 17.0 Å². The lowest BCUT2D eigenvalue weighted by Crippen LogP contribution is -2.28. The molecule has 4 aromatic rings. The number of thiophene rings is 1. The van der Waals surface area contributed by atoms with Crippen LogP contribution >= 0.6 is 22.7 Å². The molecule has 2 aromatic heterocycles. The van der Waals surface area contributed by atoms with Crippen LogP contribution in [0.2, 0.25) is 0 Å². The highest BCUT2D eigenvalue weighted by Gasteiger charge is 2.19. The molecule has 0 unspecified atom stereocenters. The molecule has 1 N–H and O–H groups in total. The van der Waals surface area contributed by atoms with E-state index in [-0.39, 0.29) is 25.7 Å². The van der Waals surface area contributed by atoms with Crippen LogP contribution in [-0.2, 0) is 27.3 Å². The molecule has 34 heavy (non-hydrogen) atoms. The zero-order chi connectivity index (χ0) is 23.3. The molecule has 172 valence electrons. The average Bonchev–Trinajstić information content (AvgIpc) is 3.62. The Labute approximate surface area is 204 Å². The van der Waals surface area contributed by atoms with Crippen LogP contribution in [0.5, 0.6) is 11.5 Å². The fourth-order valence-corrected chi connectivity index (χ4v) is 5.28. The number of amides is 1. The summed E-state index contributed by atoms with van der Waals surface area (Å²) < 4.78 is 15.9. The highest BCUT2D eigenvalue weighted by molar-refractivity contribution is 7.17. The molecule has 5 rings (SSSR count). The topological polar surface area (TPSA) is 86.8 Å². The van der Waals surface area contributed by atoms with Crippen LogP contribution in [0.3, 0.4) is 0 Å². The van der Waals surface area contributed by atoms with Crippen LogP contribution in [0.4, 0.5) is 0 Å². The number of hydrogen-bond donors (Lipinski definition) is 1. The maximum Gasteiger partial charge on any atom is 0.311 e. The first-order valence-electron chi connectivity index (χ1n) is 10.6. The monoisotopic (exact) mass is 492 g/mol. The summed E-state index contributed by atoms with van der Waals surface area (Å²) in [5.74, 6) is 0.488. The first-order valence-corrected chi connectivity index (χ1v) is 12.2. The molecule has 1 aliphatic heterocycles. The van der Waals surface area contributed by atoms with Crippen molar-refractivity contribution in [1.29, 1.82) is 0 Å². The van der Waals surface area contributed by atoms with Gasteiger partial charge in [0, 0.05) is 17.0 Å². The molecule has 3 heterocycles. The van der Waals surface area contributed by atoms with Crippen LogP contribution in [-0.4, -0.2) is 30.3 Å². The number of nitrogens with zero attached hydrogens (tertiary/aromatic N) is 1. The number of carbonyl (C=O) groups excluding carboxylic acids is 2. The van der Waals surface area contributed by atoms with Crippen LogP contribution in [0.25, 0.3) is 21.1 Å². The maximum absolute atomic E-state index is 12.5. The number of thiazole rings is 1. The summed E-state index contributed by atoms with van der Waals surface area (Å²) in [6.45, 7) is 0.148. The molecule has 1 aliphatic rings. The molecule has 7 nitrogen and oxygen atoms in total. The molecule has 0 saturated carbocycles. The summed E-state index contributed by atoms with van der Waals surface area (Å²) >= 11 is 3.03. The lowest BCUT2D eigenvalue weighted by atomic mass is 10.2. The van der Waals surface area contributed by atoms with Crippen molar-refractivity contribution in [3.05, 3.63) is 76.5 Å². The van der Waals surface area contributed by atoms with Gasteiger partial charge in [0.1, 0.15) is 5.01 Å². The molecular formula is C25H20N2O5S2. The fraction of sp³-hybridized carbons (Fsp3) is 0.160. The van der Waals surface area contributed by atoms with Gasteiger partial charge in [0.2, 0.25) is 6.79 Å². The summed E-state index contributed by atoms with van der Waals surface area (Å²) in [6, 6.07) is 19.2. The van der Waals surface area contributed by atoms with Gasteiger partial charge in [-0.15, -0.1) is 22.7 Å². The lowest BCUT2D eigenvalue weighted by molar-refractivity contribution is -0.147. The van der Waals surface area contributed by atoms with E-state index in [0.717, 1.165) is 31.6 Å². The Balaban J connectivity index is 1.19. The van der Waals surface area contributed by atoms with Crippen molar-refractivity contribution in [3.8, 4) is 32.6 Å². The Hall–Kier alpha value is -3.69. The Morgan fingerprint density at radius 1 is 1.03 bits per heavy atom. The largest absolute Gasteiger partial charge is 0.455 e. The molecule has 0 spiro atoms. The van der Waals surface area contributed by atoms with Crippen molar-refractivity contribution in [1.82, 2.24) is 10.3 Å². The van der Waals surface area contributed by atoms with E-state index in [4.69, 9.17) is 19.2 Å². The van der Waals surface area contributed by atoms with E-state index in [9.17, 15) is 9.59 Å². The minimum atomic E-state index is -0.473. The van der Waals surface area contributed by atoms with Gasteiger partial charge in [-0.25, -0.2) is 4.98 Å². The maximum atomic E-state index is 12.5. The average molecular weight is 493 g/mol. The predicted octanol–water partition coefficient (Wildman–Crippen LogP) is 4.67. The zero-order valence-electron chi connectivity index (χ0n) is 18.0. The number of hydrogen-bond acceptors (Lipinski definition) is 8. The fourth-order valence-electron chi connectivity index (χ4n) is 3.41. The van der Waals surface area contributed by atoms with Crippen molar-refractivity contribution in [2.45, 2.75) is 13.0 Å². The van der Waals surface area contributed by atoms with Gasteiger partial charge < -0.3 is 19.5 Å². The van der Waals surface area contributed by atoms with Gasteiger partial charge in [0.15, 0.2) is 18.1 Å². The van der Waals surface area contributed by atoms with E-state index in [0.29, 0.717) is 18.0 Å². The summed E-state index contributed by atoms with van der Waals surface area (Å²) in [6.07, 6.45) is 0.0488. The Morgan fingerprint density at radius 3 is 2.71 bits per heavy atom. The molecule has 0 fully saturated rings. The number of carbonyl (C=O) groups is 2. The van der Waals surface area contributed by atoms with Crippen LogP contribution in [0, 0.1) is 0 Å². The van der Waals surface area contributed by atoms with Gasteiger partial charge in [-0.2, -0.15) is 0 Å². The third-order valence-corrected chi connectivity index (χ3v) is 7.05. The first kappa shape index (κ1) is 22.1. The van der Waals surface area contributed by atoms with E-state index in [1.807, 2.05) is 60.0 Å². The van der Waals surface area contributed by atoms with Crippen LogP contribution in [0.15, 0.2) is 66.0 Å². The normalized spacial score (nSPS) is 11.9. The second-order valence-corrected chi connectivity index (χ2v) is 9.47. The van der Waals surface area contributed by atoms with Gasteiger partial charge in [-0.1, -0.05) is 42.5 Å². The molecule has 0 atom stereocenters. The second-order valence-electron chi connectivity index (χ2n) is 7.44. The predicted molar refractivity (Wildman–Crippen MR) is 130 cm³/mol. The number of nitrogens with one attached hydrogen (secondary N) is 1. The first-order chi connectivity index (χ1) is 16.7. The quantitative estimate of drug-likeness (QED) is 0.360. The van der Waals surface area contributed by atoms with Gasteiger partial charge in [-0.3, -0.25) is 9.59 Å². The number of fused-ring (bicyclic) bond motifs is 1. The molecule has 0 aliphatic carbocycles. The molecule has 0 bridgehead atoms. The smallest absolute Gasteiger partial charge is 0.311 e. The Kier molecular flexibility index (Phi) is 6.55. The Morgan fingerprint density at radius 2 is 1.88 bits per heavy atom. The number of aromatic nitrogens is 1. The van der Waals surface area contributed by atoms with E-state index in [1.54, 1.807) is 17.4 Å². The summed E-state index contributed by atoms with van der Waals surface area (Å²) in [4.78, 5) is 31.3. The number of ether oxygens (including phenoxy) is 3. The van der Waals surface area contributed by atoms with Crippen molar-refractivity contribution >= 4 is 34.6 Å². The molecular weight excluding hydrogens is 472 g/mol. The minimum Gasteiger partial charge on any atom is -0.455 e. The third-order valence-electron chi connectivity index (χ3n) is 5.07. The van der Waals surface area contributed by atoms with Gasteiger partial charge >= 0.3 is 5.97 Å². The standard InChI is InChI=1S/C25H20N2O5S2/c28-22(26-13-16-8-9-18-19(11-16)32-15-31-18)14-30-23(29)12-21-24(20-7-4-10-33-20)27-25(34-21)17-5-2-1-3-6-17/h1-11H,12-15H2,(H,26,28). The molecule has 0 saturated heterocycles. The molecule has 1 amide bonds. The number of esters is 1. The van der Waals surface area contributed by atoms with E-state index in [2.05, 4.69) is 5.32 Å². The highest BCUT2D eigenvalue weighted by Crippen LogP contribution is 2.36. The number of benzene rings is 2. The highest BCUT2D eigenvalue weighted by atomic mass is 32.1. The number of rotatable bonds is 8. The van der Waals surface area contributed by atoms with Crippen molar-refractivity contribution in [3.63, 3.8) is 0 Å². The SMILES string of the molecule is O=C(COC(=O)Cc1sc(-c2ccccc2)nc1-c1cccs1)NCc1ccc2c(c1)OCO2. The minimum absolute atomic E-state index is 0.0488. The van der Waals surface area contributed by atoms with Crippen molar-refractivity contribution in [2.75, 3.05) is 13.4 Å². The van der Waals surface area contributed by atoms with Crippen LogP contribution in [0.1, 0.15) is 10.4 Å². The summed E-state index contributed by atoms with van der Waals surface area (Å²) in [5, 5.41) is 5.56. The molecule has 0 radical (unpaired) electrons. The summed E-state index contributed by atoms with van der Waals surface area (Å²) in [7, 11) is 0. The van der Waals surface area contributed by atoms with Crippen LogP contribution < -0.4 is 14.8 Å². The third kappa shape index (κ3) is 5.11. The van der Waals surface area contributed by atoms with E-state index in [1.165, 1.54) is 11.3 Å². The van der Waals surface area contributed by atoms with E-state index >= 15 is 0 Å². The van der Waals surface area contributed by atoms with Gasteiger partial charge in [0.25, 0.3) is 5.91 Å². The molecule has 9 heteroatoms. The second kappa shape index (κ2) is 10.1. The van der Waals surface area contributed by atoms with Crippen molar-refractivity contribution in [2.24, 2.45) is 0 Å². The molecule has 2 aromatic carbocycles. The lowest BCUT2D eigenvalue weighted by Gasteiger charge is -2.07. The zero-order valence-corrected chi connectivity index (χ0v) is 19.6. The van der Waals surface area contributed by atoms with E-state index < -0.39 is 5.97 Å². The van der Waals surface area contributed by atoms with Gasteiger partial charge in [-0.05, 0) is 29.1 Å². The van der Waals surface area contributed by atoms with Crippen molar-refractivity contribution < 1.29 is 23.8 Å². The Bertz CT molecular complexity index is 1300.